The molecular weight excluding hydrogens is 663 g/mol. The first-order valence-corrected chi connectivity index (χ1v) is 18.8. The quantitative estimate of drug-likeness (QED) is 0.167. The number of hydrogen-bond acceptors (Lipinski definition) is 3. The molecule has 0 unspecified atom stereocenters. The van der Waals surface area contributed by atoms with Crippen molar-refractivity contribution in [3.05, 3.63) is 188 Å². The van der Waals surface area contributed by atoms with Crippen molar-refractivity contribution < 1.29 is 4.42 Å². The van der Waals surface area contributed by atoms with Gasteiger partial charge in [-0.1, -0.05) is 140 Å². The fourth-order valence-corrected chi connectivity index (χ4v) is 9.30. The van der Waals surface area contributed by atoms with E-state index in [0.717, 1.165) is 50.1 Å². The van der Waals surface area contributed by atoms with E-state index in [2.05, 4.69) is 193 Å². The monoisotopic (exact) mass is 693 g/mol. The summed E-state index contributed by atoms with van der Waals surface area (Å²) in [5.41, 5.74) is 9.74. The summed E-state index contributed by atoms with van der Waals surface area (Å²) in [7, 11) is 0. The van der Waals surface area contributed by atoms with Gasteiger partial charge in [-0.2, -0.15) is 0 Å². The van der Waals surface area contributed by atoms with Crippen LogP contribution in [0.25, 0.3) is 85.9 Å². The first-order valence-electron chi connectivity index (χ1n) is 18.0. The molecule has 0 aliphatic carbocycles. The van der Waals surface area contributed by atoms with Crippen molar-refractivity contribution in [2.45, 2.75) is 0 Å². The first-order chi connectivity index (χ1) is 26.3. The molecule has 0 saturated carbocycles. The number of fused-ring (bicyclic) bond motifs is 9. The molecule has 11 rings (SSSR count). The van der Waals surface area contributed by atoms with Crippen LogP contribution in [0.3, 0.4) is 0 Å². The molecule has 53 heavy (non-hydrogen) atoms. The molecule has 11 aromatic rings. The van der Waals surface area contributed by atoms with Crippen LogP contribution in [-0.4, -0.2) is 0 Å². The number of thiophene rings is 1. The standard InChI is InChI=1S/C50H31NOS/c1-3-11-32(12-4-1)35-21-24-42-43-26-23-38(31-48(43)53-47(42)30-35)51(37-22-25-40-36(29-37)20-19-34-15-7-8-16-39(34)40)45-28-27-41(33-13-5-2-6-14-33)50-49(45)44-17-9-10-18-46(44)52-50/h1-31H. The Morgan fingerprint density at radius 1 is 0.396 bits per heavy atom. The molecule has 2 heterocycles. The maximum absolute atomic E-state index is 6.75. The van der Waals surface area contributed by atoms with Gasteiger partial charge < -0.3 is 9.32 Å². The molecule has 0 atom stereocenters. The first kappa shape index (κ1) is 30.0. The predicted molar refractivity (Wildman–Crippen MR) is 227 cm³/mol. The van der Waals surface area contributed by atoms with Crippen molar-refractivity contribution in [3.63, 3.8) is 0 Å². The zero-order chi connectivity index (χ0) is 34.9. The number of anilines is 3. The average molecular weight is 694 g/mol. The van der Waals surface area contributed by atoms with E-state index in [4.69, 9.17) is 4.42 Å². The lowest BCUT2D eigenvalue weighted by Crippen LogP contribution is -2.10. The summed E-state index contributed by atoms with van der Waals surface area (Å²) in [6, 6.07) is 67.9. The predicted octanol–water partition coefficient (Wildman–Crippen LogP) is 15.1. The maximum Gasteiger partial charge on any atom is 0.145 e. The molecule has 0 fully saturated rings. The Labute approximate surface area is 310 Å². The molecule has 0 bridgehead atoms. The molecule has 2 nitrogen and oxygen atoms in total. The lowest BCUT2D eigenvalue weighted by atomic mass is 9.98. The zero-order valence-corrected chi connectivity index (χ0v) is 29.5. The Morgan fingerprint density at radius 2 is 1.02 bits per heavy atom. The van der Waals surface area contributed by atoms with Crippen LogP contribution in [0.15, 0.2) is 192 Å². The van der Waals surface area contributed by atoms with Crippen molar-refractivity contribution in [2.24, 2.45) is 0 Å². The molecule has 2 aromatic heterocycles. The van der Waals surface area contributed by atoms with Gasteiger partial charge in [-0.15, -0.1) is 11.3 Å². The molecular formula is C50H31NOS. The molecule has 248 valence electrons. The number of furan rings is 1. The average Bonchev–Trinajstić information content (AvgIpc) is 3.80. The van der Waals surface area contributed by atoms with Gasteiger partial charge in [0.05, 0.1) is 11.1 Å². The van der Waals surface area contributed by atoms with Crippen molar-refractivity contribution in [3.8, 4) is 22.3 Å². The second-order valence-electron chi connectivity index (χ2n) is 13.7. The molecule has 0 amide bonds. The van der Waals surface area contributed by atoms with Crippen molar-refractivity contribution >= 4 is 92.1 Å². The van der Waals surface area contributed by atoms with E-state index in [1.54, 1.807) is 0 Å². The number of rotatable bonds is 5. The number of hydrogen-bond donors (Lipinski definition) is 0. The minimum absolute atomic E-state index is 0.881. The van der Waals surface area contributed by atoms with Crippen LogP contribution in [0.4, 0.5) is 17.1 Å². The molecule has 0 aliphatic rings. The summed E-state index contributed by atoms with van der Waals surface area (Å²) in [6.07, 6.45) is 0. The van der Waals surface area contributed by atoms with Gasteiger partial charge in [0.15, 0.2) is 0 Å². The van der Waals surface area contributed by atoms with Crippen molar-refractivity contribution in [2.75, 3.05) is 4.90 Å². The van der Waals surface area contributed by atoms with Crippen LogP contribution >= 0.6 is 11.3 Å². The summed E-state index contributed by atoms with van der Waals surface area (Å²) < 4.78 is 9.30. The summed E-state index contributed by atoms with van der Waals surface area (Å²) in [6.45, 7) is 0. The smallest absolute Gasteiger partial charge is 0.145 e. The maximum atomic E-state index is 6.75. The van der Waals surface area contributed by atoms with Crippen LogP contribution in [0.1, 0.15) is 0 Å². The van der Waals surface area contributed by atoms with Crippen LogP contribution < -0.4 is 4.90 Å². The highest BCUT2D eigenvalue weighted by Crippen LogP contribution is 2.48. The molecule has 0 radical (unpaired) electrons. The Balaban J connectivity index is 1.17. The van der Waals surface area contributed by atoms with Gasteiger partial charge in [-0.3, -0.25) is 0 Å². The van der Waals surface area contributed by atoms with Crippen LogP contribution in [0.2, 0.25) is 0 Å². The molecule has 0 aliphatic heterocycles. The molecule has 3 heteroatoms. The minimum atomic E-state index is 0.881. The van der Waals surface area contributed by atoms with Gasteiger partial charge in [0.1, 0.15) is 11.2 Å². The number of nitrogens with zero attached hydrogens (tertiary/aromatic N) is 1. The largest absolute Gasteiger partial charge is 0.455 e. The van der Waals surface area contributed by atoms with Gasteiger partial charge in [0.2, 0.25) is 0 Å². The van der Waals surface area contributed by atoms with Gasteiger partial charge in [-0.05, 0) is 86.8 Å². The minimum Gasteiger partial charge on any atom is -0.455 e. The summed E-state index contributed by atoms with van der Waals surface area (Å²) in [4.78, 5) is 2.42. The van der Waals surface area contributed by atoms with Crippen LogP contribution in [-0.2, 0) is 0 Å². The fourth-order valence-electron chi connectivity index (χ4n) is 8.12. The van der Waals surface area contributed by atoms with E-state index < -0.39 is 0 Å². The van der Waals surface area contributed by atoms with Gasteiger partial charge >= 0.3 is 0 Å². The number of para-hydroxylation sites is 1. The lowest BCUT2D eigenvalue weighted by Gasteiger charge is -2.27. The normalized spacial score (nSPS) is 11.8. The van der Waals surface area contributed by atoms with Crippen molar-refractivity contribution in [1.29, 1.82) is 0 Å². The zero-order valence-electron chi connectivity index (χ0n) is 28.7. The summed E-state index contributed by atoms with van der Waals surface area (Å²) in [5.74, 6) is 0. The van der Waals surface area contributed by atoms with E-state index in [-0.39, 0.29) is 0 Å². The third-order valence-electron chi connectivity index (χ3n) is 10.6. The van der Waals surface area contributed by atoms with Gasteiger partial charge in [-0.25, -0.2) is 0 Å². The summed E-state index contributed by atoms with van der Waals surface area (Å²) >= 11 is 1.86. The summed E-state index contributed by atoms with van der Waals surface area (Å²) in [5, 5.41) is 9.73. The second kappa shape index (κ2) is 11.9. The fraction of sp³-hybridized carbons (Fsp3) is 0. The molecule has 0 N–H and O–H groups in total. The highest BCUT2D eigenvalue weighted by atomic mass is 32.1. The Hall–Kier alpha value is -6.68. The molecule has 9 aromatic carbocycles. The molecule has 0 saturated heterocycles. The van der Waals surface area contributed by atoms with E-state index in [9.17, 15) is 0 Å². The Bertz CT molecular complexity index is 3180. The van der Waals surface area contributed by atoms with Gasteiger partial charge in [0, 0.05) is 42.5 Å². The van der Waals surface area contributed by atoms with Crippen LogP contribution in [0.5, 0.6) is 0 Å². The Kier molecular flexibility index (Phi) is 6.76. The Morgan fingerprint density at radius 3 is 1.85 bits per heavy atom. The topological polar surface area (TPSA) is 16.4 Å². The van der Waals surface area contributed by atoms with Crippen molar-refractivity contribution in [1.82, 2.24) is 0 Å². The lowest BCUT2D eigenvalue weighted by molar-refractivity contribution is 0.670. The van der Waals surface area contributed by atoms with E-state index in [0.29, 0.717) is 0 Å². The number of benzene rings is 9. The highest BCUT2D eigenvalue weighted by Gasteiger charge is 2.23. The highest BCUT2D eigenvalue weighted by molar-refractivity contribution is 7.25. The SMILES string of the molecule is c1ccc(-c2ccc3c(c2)sc2cc(N(c4ccc5c(ccc6ccccc65)c4)c4ccc(-c5ccccc5)c5oc6ccccc6c45)ccc23)cc1. The third kappa shape index (κ3) is 4.86. The van der Waals surface area contributed by atoms with E-state index >= 15 is 0 Å². The second-order valence-corrected chi connectivity index (χ2v) is 14.8. The molecule has 0 spiro atoms. The van der Waals surface area contributed by atoms with E-state index in [1.807, 2.05) is 11.3 Å². The third-order valence-corrected chi connectivity index (χ3v) is 11.8. The van der Waals surface area contributed by atoms with Crippen LogP contribution in [0, 0.1) is 0 Å². The van der Waals surface area contributed by atoms with Gasteiger partial charge in [0.25, 0.3) is 0 Å². The van der Waals surface area contributed by atoms with E-state index in [1.165, 1.54) is 52.8 Å².